The average molecular weight is 342 g/mol. The number of rotatable bonds is 4. The molecule has 136 valence electrons. The highest BCUT2D eigenvalue weighted by Gasteiger charge is 2.34. The van der Waals surface area contributed by atoms with Crippen molar-refractivity contribution in [1.82, 2.24) is 19.2 Å². The predicted octanol–water partition coefficient (Wildman–Crippen LogP) is 2.39. The second kappa shape index (κ2) is 7.06. The van der Waals surface area contributed by atoms with Crippen LogP contribution in [0.15, 0.2) is 30.6 Å². The molecule has 0 amide bonds. The summed E-state index contributed by atoms with van der Waals surface area (Å²) in [4.78, 5) is 9.64. The molecule has 5 nitrogen and oxygen atoms in total. The molecule has 0 unspecified atom stereocenters. The standard InChI is InChI=1S/C20H30N4O/c1-17-5-7-20(25,8-6-17)16-23-12-10-22(11-13-23)14-18-15-24-9-3-2-4-19(24)21-18/h2-4,9,15,17,25H,5-8,10-14,16H2,1H3. The molecule has 0 aromatic carbocycles. The molecular formula is C20H30N4O. The molecule has 0 radical (unpaired) electrons. The van der Waals surface area contributed by atoms with Gasteiger partial charge in [0.15, 0.2) is 0 Å². The maximum Gasteiger partial charge on any atom is 0.137 e. The Morgan fingerprint density at radius 3 is 2.56 bits per heavy atom. The van der Waals surface area contributed by atoms with Crippen LogP contribution in [-0.2, 0) is 6.54 Å². The van der Waals surface area contributed by atoms with E-state index in [-0.39, 0.29) is 0 Å². The lowest BCUT2D eigenvalue weighted by Gasteiger charge is -2.42. The number of aromatic nitrogens is 2. The van der Waals surface area contributed by atoms with Crippen molar-refractivity contribution in [2.24, 2.45) is 5.92 Å². The maximum atomic E-state index is 10.9. The molecule has 3 heterocycles. The molecule has 1 saturated heterocycles. The van der Waals surface area contributed by atoms with Gasteiger partial charge in [-0.15, -0.1) is 0 Å². The summed E-state index contributed by atoms with van der Waals surface area (Å²) in [6, 6.07) is 6.11. The zero-order valence-electron chi connectivity index (χ0n) is 15.3. The fourth-order valence-electron chi connectivity index (χ4n) is 4.27. The summed E-state index contributed by atoms with van der Waals surface area (Å²) < 4.78 is 2.09. The summed E-state index contributed by atoms with van der Waals surface area (Å²) >= 11 is 0. The summed E-state index contributed by atoms with van der Waals surface area (Å²) in [5, 5.41) is 10.9. The fourth-order valence-corrected chi connectivity index (χ4v) is 4.27. The normalized spacial score (nSPS) is 29.3. The minimum Gasteiger partial charge on any atom is -0.389 e. The van der Waals surface area contributed by atoms with Crippen LogP contribution in [0.5, 0.6) is 0 Å². The largest absolute Gasteiger partial charge is 0.389 e. The predicted molar refractivity (Wildman–Crippen MR) is 99.5 cm³/mol. The van der Waals surface area contributed by atoms with Gasteiger partial charge in [0.2, 0.25) is 0 Å². The lowest BCUT2D eigenvalue weighted by atomic mass is 9.79. The van der Waals surface area contributed by atoms with E-state index >= 15 is 0 Å². The van der Waals surface area contributed by atoms with Gasteiger partial charge in [0, 0.05) is 51.7 Å². The Labute approximate surface area is 150 Å². The lowest BCUT2D eigenvalue weighted by Crippen LogP contribution is -2.52. The molecular weight excluding hydrogens is 312 g/mol. The molecule has 2 aromatic rings. The third kappa shape index (κ3) is 4.05. The Morgan fingerprint density at radius 2 is 1.84 bits per heavy atom. The van der Waals surface area contributed by atoms with Crippen molar-refractivity contribution in [1.29, 1.82) is 0 Å². The van der Waals surface area contributed by atoms with E-state index in [1.165, 1.54) is 12.8 Å². The smallest absolute Gasteiger partial charge is 0.137 e. The Kier molecular flexibility index (Phi) is 4.80. The van der Waals surface area contributed by atoms with Crippen molar-refractivity contribution in [2.45, 2.75) is 44.8 Å². The molecule has 5 heteroatoms. The first-order chi connectivity index (χ1) is 12.1. The molecule has 0 atom stereocenters. The van der Waals surface area contributed by atoms with E-state index in [2.05, 4.69) is 33.5 Å². The SMILES string of the molecule is CC1CCC(O)(CN2CCN(Cc3cn4ccccc4n3)CC2)CC1. The Morgan fingerprint density at radius 1 is 1.12 bits per heavy atom. The van der Waals surface area contributed by atoms with Crippen molar-refractivity contribution in [3.63, 3.8) is 0 Å². The van der Waals surface area contributed by atoms with Crippen LogP contribution in [0.3, 0.4) is 0 Å². The van der Waals surface area contributed by atoms with Gasteiger partial charge in [0.1, 0.15) is 5.65 Å². The summed E-state index contributed by atoms with van der Waals surface area (Å²) in [5.74, 6) is 0.780. The highest BCUT2D eigenvalue weighted by atomic mass is 16.3. The van der Waals surface area contributed by atoms with Crippen LogP contribution in [0.2, 0.25) is 0 Å². The van der Waals surface area contributed by atoms with E-state index < -0.39 is 5.60 Å². The summed E-state index contributed by atoms with van der Waals surface area (Å²) in [6.07, 6.45) is 8.46. The third-order valence-corrected chi connectivity index (χ3v) is 5.99. The van der Waals surface area contributed by atoms with Crippen LogP contribution in [-0.4, -0.2) is 62.6 Å². The number of β-amino-alcohol motifs (C(OH)–C–C–N with tert-alkyl or cyclic N) is 1. The Balaban J connectivity index is 1.28. The maximum absolute atomic E-state index is 10.9. The number of hydrogen-bond acceptors (Lipinski definition) is 4. The molecule has 1 aliphatic heterocycles. The van der Waals surface area contributed by atoms with Crippen LogP contribution in [0.25, 0.3) is 5.65 Å². The number of pyridine rings is 1. The number of nitrogens with zero attached hydrogens (tertiary/aromatic N) is 4. The first-order valence-corrected chi connectivity index (χ1v) is 9.69. The van der Waals surface area contributed by atoms with Crippen molar-refractivity contribution in [3.05, 3.63) is 36.3 Å². The first-order valence-electron chi connectivity index (χ1n) is 9.69. The monoisotopic (exact) mass is 342 g/mol. The number of imidazole rings is 1. The van der Waals surface area contributed by atoms with Crippen molar-refractivity contribution in [3.8, 4) is 0 Å². The Bertz CT molecular complexity index is 664. The van der Waals surface area contributed by atoms with E-state index in [0.29, 0.717) is 0 Å². The van der Waals surface area contributed by atoms with Gasteiger partial charge >= 0.3 is 0 Å². The molecule has 1 N–H and O–H groups in total. The van der Waals surface area contributed by atoms with Gasteiger partial charge in [-0.05, 0) is 43.7 Å². The van der Waals surface area contributed by atoms with E-state index in [1.807, 2.05) is 18.2 Å². The van der Waals surface area contributed by atoms with E-state index in [9.17, 15) is 5.11 Å². The van der Waals surface area contributed by atoms with E-state index in [1.54, 1.807) is 0 Å². The molecule has 2 aromatic heterocycles. The third-order valence-electron chi connectivity index (χ3n) is 5.99. The summed E-state index contributed by atoms with van der Waals surface area (Å²) in [5.41, 5.74) is 1.71. The fraction of sp³-hybridized carbons (Fsp3) is 0.650. The van der Waals surface area contributed by atoms with Crippen molar-refractivity contribution < 1.29 is 5.11 Å². The van der Waals surface area contributed by atoms with Crippen LogP contribution < -0.4 is 0 Å². The molecule has 1 aliphatic carbocycles. The number of fused-ring (bicyclic) bond motifs is 1. The van der Waals surface area contributed by atoms with Crippen LogP contribution in [0.1, 0.15) is 38.3 Å². The second-order valence-electron chi connectivity index (χ2n) is 8.16. The zero-order valence-corrected chi connectivity index (χ0v) is 15.3. The molecule has 4 rings (SSSR count). The highest BCUT2D eigenvalue weighted by Crippen LogP contribution is 2.32. The van der Waals surface area contributed by atoms with Crippen molar-refractivity contribution in [2.75, 3.05) is 32.7 Å². The zero-order chi connectivity index (χ0) is 17.3. The van der Waals surface area contributed by atoms with Crippen LogP contribution in [0, 0.1) is 5.92 Å². The minimum absolute atomic E-state index is 0.448. The minimum atomic E-state index is -0.448. The topological polar surface area (TPSA) is 44.0 Å². The summed E-state index contributed by atoms with van der Waals surface area (Å²) in [6.45, 7) is 8.27. The molecule has 0 spiro atoms. The molecule has 0 bridgehead atoms. The van der Waals surface area contributed by atoms with Gasteiger partial charge in [-0.3, -0.25) is 9.80 Å². The number of aliphatic hydroxyl groups is 1. The summed E-state index contributed by atoms with van der Waals surface area (Å²) in [7, 11) is 0. The average Bonchev–Trinajstić information content (AvgIpc) is 3.02. The van der Waals surface area contributed by atoms with Crippen molar-refractivity contribution >= 4 is 5.65 Å². The van der Waals surface area contributed by atoms with Gasteiger partial charge in [-0.1, -0.05) is 13.0 Å². The quantitative estimate of drug-likeness (QED) is 0.927. The van der Waals surface area contributed by atoms with Gasteiger partial charge in [-0.2, -0.15) is 0 Å². The second-order valence-corrected chi connectivity index (χ2v) is 8.16. The van der Waals surface area contributed by atoms with Gasteiger partial charge < -0.3 is 9.51 Å². The van der Waals surface area contributed by atoms with Gasteiger partial charge in [-0.25, -0.2) is 4.98 Å². The van der Waals surface area contributed by atoms with Crippen LogP contribution >= 0.6 is 0 Å². The number of hydrogen-bond donors (Lipinski definition) is 1. The van der Waals surface area contributed by atoms with Crippen LogP contribution in [0.4, 0.5) is 0 Å². The van der Waals surface area contributed by atoms with Gasteiger partial charge in [0.05, 0.1) is 11.3 Å². The highest BCUT2D eigenvalue weighted by molar-refractivity contribution is 5.39. The van der Waals surface area contributed by atoms with E-state index in [4.69, 9.17) is 4.98 Å². The first kappa shape index (κ1) is 17.0. The van der Waals surface area contributed by atoms with Gasteiger partial charge in [0.25, 0.3) is 0 Å². The number of piperazine rings is 1. The molecule has 2 fully saturated rings. The van der Waals surface area contributed by atoms with E-state index in [0.717, 1.165) is 69.4 Å². The lowest BCUT2D eigenvalue weighted by molar-refractivity contribution is -0.0438. The molecule has 25 heavy (non-hydrogen) atoms. The molecule has 2 aliphatic rings. The molecule has 1 saturated carbocycles. The Hall–Kier alpha value is -1.43.